The Morgan fingerprint density at radius 1 is 1.15 bits per heavy atom. The molecule has 152 valence electrons. The number of halogens is 3. The monoisotopic (exact) mass is 392 g/mol. The Kier molecular flexibility index (Phi) is 4.69. The summed E-state index contributed by atoms with van der Waals surface area (Å²) >= 11 is 0. The van der Waals surface area contributed by atoms with E-state index in [2.05, 4.69) is 0 Å². The number of carbonyl (C=O) groups is 3. The lowest BCUT2D eigenvalue weighted by Crippen LogP contribution is -2.59. The van der Waals surface area contributed by atoms with Gasteiger partial charge in [0.05, 0.1) is 12.2 Å². The second-order valence-electron chi connectivity index (χ2n) is 8.58. The van der Waals surface area contributed by atoms with E-state index in [0.717, 1.165) is 11.3 Å². The first-order chi connectivity index (χ1) is 12.3. The molecule has 3 rings (SSSR count). The Morgan fingerprint density at radius 2 is 1.74 bits per heavy atom. The summed E-state index contributed by atoms with van der Waals surface area (Å²) in [6.07, 6.45) is -4.02. The van der Waals surface area contributed by atoms with E-state index in [9.17, 15) is 32.7 Å². The van der Waals surface area contributed by atoms with Crippen LogP contribution >= 0.6 is 0 Å². The number of carboxylic acids is 1. The number of hydrogen-bond acceptors (Lipinski definition) is 4. The fraction of sp³-hybridized carbons (Fsp3) is 0.824. The highest BCUT2D eigenvalue weighted by Crippen LogP contribution is 2.50. The molecule has 0 radical (unpaired) electrons. The van der Waals surface area contributed by atoms with Crippen molar-refractivity contribution in [3.63, 3.8) is 0 Å². The number of nitrogens with zero attached hydrogens (tertiary/aromatic N) is 1. The van der Waals surface area contributed by atoms with E-state index in [0.29, 0.717) is 6.42 Å². The number of alkyl halides is 3. The molecule has 10 heteroatoms. The average Bonchev–Trinajstić information content (AvgIpc) is 3.19. The molecule has 3 aliphatic heterocycles. The van der Waals surface area contributed by atoms with Crippen LogP contribution in [0.3, 0.4) is 0 Å². The molecule has 3 saturated heterocycles. The van der Waals surface area contributed by atoms with Crippen LogP contribution in [-0.4, -0.2) is 64.8 Å². The van der Waals surface area contributed by atoms with Crippen molar-refractivity contribution in [1.29, 1.82) is 0 Å². The molecule has 7 nitrogen and oxygen atoms in total. The Labute approximate surface area is 154 Å². The molecule has 0 aromatic rings. The normalized spacial score (nSPS) is 33.7. The fourth-order valence-electron chi connectivity index (χ4n) is 4.59. The maximum atomic E-state index is 13.1. The highest BCUT2D eigenvalue weighted by molar-refractivity contribution is 5.93. The van der Waals surface area contributed by atoms with Crippen molar-refractivity contribution in [2.45, 2.75) is 64.1 Å². The maximum Gasteiger partial charge on any atom is 0.471 e. The van der Waals surface area contributed by atoms with Gasteiger partial charge >= 0.3 is 18.1 Å². The minimum atomic E-state index is -5.13. The van der Waals surface area contributed by atoms with Crippen LogP contribution in [0.1, 0.15) is 33.6 Å². The number of aliphatic carboxylic acids is 1. The quantitative estimate of drug-likeness (QED) is 0.752. The molecular weight excluding hydrogens is 369 g/mol. The van der Waals surface area contributed by atoms with Gasteiger partial charge in [-0.1, -0.05) is 20.8 Å². The second-order valence-corrected chi connectivity index (χ2v) is 8.58. The lowest BCUT2D eigenvalue weighted by Gasteiger charge is -2.36. The number of carbonyl (C=O) groups excluding carboxylic acids is 2. The third-order valence-corrected chi connectivity index (χ3v) is 5.78. The van der Waals surface area contributed by atoms with Crippen LogP contribution in [0.5, 0.6) is 0 Å². The van der Waals surface area contributed by atoms with Crippen LogP contribution in [-0.2, 0) is 19.1 Å². The zero-order valence-corrected chi connectivity index (χ0v) is 15.2. The van der Waals surface area contributed by atoms with Crippen molar-refractivity contribution in [2.75, 3.05) is 6.54 Å². The van der Waals surface area contributed by atoms with E-state index in [1.165, 1.54) is 20.8 Å². The molecule has 3 aliphatic rings. The van der Waals surface area contributed by atoms with Crippen LogP contribution in [0.2, 0.25) is 0 Å². The number of likely N-dealkylation sites (tertiary alicyclic amines) is 1. The van der Waals surface area contributed by atoms with Gasteiger partial charge in [0.15, 0.2) is 0 Å². The Hall–Kier alpha value is -1.84. The zero-order chi connectivity index (χ0) is 20.3. The number of amides is 2. The van der Waals surface area contributed by atoms with Crippen molar-refractivity contribution >= 4 is 17.8 Å². The predicted molar refractivity (Wildman–Crippen MR) is 85.5 cm³/mol. The molecule has 3 fully saturated rings. The van der Waals surface area contributed by atoms with Crippen molar-refractivity contribution in [2.24, 2.45) is 17.3 Å². The van der Waals surface area contributed by atoms with Crippen molar-refractivity contribution < 1.29 is 37.4 Å². The number of nitrogens with one attached hydrogen (secondary N) is 1. The molecule has 6 atom stereocenters. The summed E-state index contributed by atoms with van der Waals surface area (Å²) in [4.78, 5) is 37.5. The van der Waals surface area contributed by atoms with Gasteiger partial charge in [-0.05, 0) is 18.3 Å². The Morgan fingerprint density at radius 3 is 2.26 bits per heavy atom. The van der Waals surface area contributed by atoms with E-state index in [-0.39, 0.29) is 30.6 Å². The summed E-state index contributed by atoms with van der Waals surface area (Å²) in [5, 5.41) is 11.4. The summed E-state index contributed by atoms with van der Waals surface area (Å²) in [6, 6.07) is -2.66. The topological polar surface area (TPSA) is 95.9 Å². The minimum absolute atomic E-state index is 0.107. The van der Waals surface area contributed by atoms with Gasteiger partial charge in [0.2, 0.25) is 5.91 Å². The van der Waals surface area contributed by atoms with Gasteiger partial charge in [0.25, 0.3) is 0 Å². The van der Waals surface area contributed by atoms with Crippen LogP contribution < -0.4 is 5.32 Å². The van der Waals surface area contributed by atoms with Gasteiger partial charge in [0, 0.05) is 18.4 Å². The molecule has 0 aromatic heterocycles. The van der Waals surface area contributed by atoms with Gasteiger partial charge in [0.1, 0.15) is 12.1 Å². The molecular formula is C17H23F3N2O5. The minimum Gasteiger partial charge on any atom is -0.480 e. The second kappa shape index (κ2) is 6.35. The smallest absolute Gasteiger partial charge is 0.471 e. The largest absolute Gasteiger partial charge is 0.480 e. The number of carboxylic acid groups (broad SMARTS) is 1. The van der Waals surface area contributed by atoms with Gasteiger partial charge in [-0.2, -0.15) is 13.2 Å². The van der Waals surface area contributed by atoms with Crippen molar-refractivity contribution in [3.8, 4) is 0 Å². The Balaban J connectivity index is 1.87. The fourth-order valence-corrected chi connectivity index (χ4v) is 4.59. The zero-order valence-electron chi connectivity index (χ0n) is 15.2. The van der Waals surface area contributed by atoms with Crippen LogP contribution in [0.4, 0.5) is 13.2 Å². The number of ether oxygens (including phenoxy) is 1. The summed E-state index contributed by atoms with van der Waals surface area (Å²) in [6.45, 7) is 4.67. The molecule has 27 heavy (non-hydrogen) atoms. The summed E-state index contributed by atoms with van der Waals surface area (Å²) in [5.74, 6) is -4.74. The van der Waals surface area contributed by atoms with Gasteiger partial charge in [-0.15, -0.1) is 0 Å². The van der Waals surface area contributed by atoms with Gasteiger partial charge in [-0.3, -0.25) is 9.59 Å². The molecule has 0 aliphatic carbocycles. The Bertz CT molecular complexity index is 660. The summed E-state index contributed by atoms with van der Waals surface area (Å²) < 4.78 is 43.8. The highest BCUT2D eigenvalue weighted by Gasteiger charge is 2.61. The lowest BCUT2D eigenvalue weighted by molar-refractivity contribution is -0.176. The summed E-state index contributed by atoms with van der Waals surface area (Å²) in [7, 11) is 0. The SMILES string of the molecule is CC(C)(C)[C@H](NC(=O)C(F)(F)F)C(=O)N1C[C@H]2[C@@H]([C@H]1C(=O)O)[C@H]1CC[C@@H]2O1. The molecule has 0 saturated carbocycles. The summed E-state index contributed by atoms with van der Waals surface area (Å²) in [5.41, 5.74) is -1.03. The number of fused-ring (bicyclic) bond motifs is 5. The first-order valence-corrected chi connectivity index (χ1v) is 8.89. The van der Waals surface area contributed by atoms with Crippen LogP contribution in [0.15, 0.2) is 0 Å². The first-order valence-electron chi connectivity index (χ1n) is 8.89. The molecule has 0 unspecified atom stereocenters. The maximum absolute atomic E-state index is 13.1. The van der Waals surface area contributed by atoms with E-state index in [1.54, 1.807) is 5.32 Å². The van der Waals surface area contributed by atoms with E-state index in [4.69, 9.17) is 4.74 Å². The molecule has 2 bridgehead atoms. The van der Waals surface area contributed by atoms with Crippen molar-refractivity contribution in [1.82, 2.24) is 10.2 Å². The molecule has 2 N–H and O–H groups in total. The first kappa shape index (κ1) is 19.9. The van der Waals surface area contributed by atoms with Gasteiger partial charge in [-0.25, -0.2) is 4.79 Å². The molecule has 0 spiro atoms. The van der Waals surface area contributed by atoms with E-state index in [1.807, 2.05) is 0 Å². The average molecular weight is 392 g/mol. The number of rotatable bonds is 3. The predicted octanol–water partition coefficient (Wildman–Crippen LogP) is 1.17. The van der Waals surface area contributed by atoms with Crippen LogP contribution in [0.25, 0.3) is 0 Å². The molecule has 3 heterocycles. The lowest BCUT2D eigenvalue weighted by atomic mass is 9.78. The standard InChI is InChI=1S/C17H23F3N2O5/c1-16(2,3)12(21-15(26)17(18,19)20)13(23)22-6-7-8-4-5-9(27-8)10(7)11(22)14(24)25/h7-12H,4-6H2,1-3H3,(H,21,26)(H,24,25)/t7-,8+,9-,10-,11+,12-/m1/s1. The molecule has 0 aromatic carbocycles. The van der Waals surface area contributed by atoms with Gasteiger partial charge < -0.3 is 20.1 Å². The third-order valence-electron chi connectivity index (χ3n) is 5.78. The number of hydrogen-bond donors (Lipinski definition) is 2. The van der Waals surface area contributed by atoms with E-state index >= 15 is 0 Å². The molecule has 2 amide bonds. The van der Waals surface area contributed by atoms with Crippen molar-refractivity contribution in [3.05, 3.63) is 0 Å². The van der Waals surface area contributed by atoms with Crippen LogP contribution in [0, 0.1) is 17.3 Å². The third kappa shape index (κ3) is 3.39. The highest BCUT2D eigenvalue weighted by atomic mass is 19.4. The van der Waals surface area contributed by atoms with E-state index < -0.39 is 41.5 Å².